The molecule has 1 unspecified atom stereocenters. The van der Waals surface area contributed by atoms with Gasteiger partial charge in [-0.15, -0.1) is 0 Å². The summed E-state index contributed by atoms with van der Waals surface area (Å²) in [4.78, 5) is 28.0. The molecule has 0 spiro atoms. The molecule has 1 saturated heterocycles. The van der Waals surface area contributed by atoms with Crippen molar-refractivity contribution in [2.75, 3.05) is 32.7 Å². The molecule has 1 aliphatic rings. The van der Waals surface area contributed by atoms with Crippen LogP contribution in [0.4, 0.5) is 0 Å². The zero-order valence-electron chi connectivity index (χ0n) is 13.2. The van der Waals surface area contributed by atoms with Crippen LogP contribution in [-0.4, -0.2) is 60.4 Å². The Labute approximate surface area is 122 Å². The van der Waals surface area contributed by atoms with Crippen molar-refractivity contribution >= 4 is 11.8 Å². The molecule has 1 atom stereocenters. The second-order valence-electron chi connectivity index (χ2n) is 5.58. The molecule has 2 amide bonds. The van der Waals surface area contributed by atoms with Crippen LogP contribution in [0.2, 0.25) is 0 Å². The van der Waals surface area contributed by atoms with Gasteiger partial charge in [0, 0.05) is 51.6 Å². The van der Waals surface area contributed by atoms with Gasteiger partial charge in [-0.05, 0) is 19.8 Å². The Balaban J connectivity index is 2.36. The second-order valence-corrected chi connectivity index (χ2v) is 5.58. The summed E-state index contributed by atoms with van der Waals surface area (Å²) >= 11 is 0. The predicted molar refractivity (Wildman–Crippen MR) is 80.4 cm³/mol. The molecule has 0 aromatic carbocycles. The average Bonchev–Trinajstić information content (AvgIpc) is 2.44. The van der Waals surface area contributed by atoms with Gasteiger partial charge in [-0.1, -0.05) is 13.8 Å². The summed E-state index contributed by atoms with van der Waals surface area (Å²) in [7, 11) is 0. The molecule has 5 nitrogen and oxygen atoms in total. The lowest BCUT2D eigenvalue weighted by atomic mass is 10.2. The molecule has 0 saturated carbocycles. The highest BCUT2D eigenvalue weighted by Crippen LogP contribution is 2.06. The van der Waals surface area contributed by atoms with E-state index in [1.165, 1.54) is 0 Å². The van der Waals surface area contributed by atoms with E-state index in [-0.39, 0.29) is 11.8 Å². The molecule has 5 heteroatoms. The van der Waals surface area contributed by atoms with Gasteiger partial charge in [-0.2, -0.15) is 0 Å². The highest BCUT2D eigenvalue weighted by Gasteiger charge is 2.21. The normalized spacial score (nSPS) is 18.9. The molecule has 1 fully saturated rings. The van der Waals surface area contributed by atoms with E-state index in [1.54, 1.807) is 0 Å². The third-order valence-corrected chi connectivity index (χ3v) is 3.61. The van der Waals surface area contributed by atoms with E-state index in [2.05, 4.69) is 26.1 Å². The van der Waals surface area contributed by atoms with E-state index in [0.717, 1.165) is 45.6 Å². The first-order chi connectivity index (χ1) is 9.58. The van der Waals surface area contributed by atoms with Crippen LogP contribution >= 0.6 is 0 Å². The topological polar surface area (TPSA) is 52.7 Å². The van der Waals surface area contributed by atoms with Gasteiger partial charge in [0.25, 0.3) is 0 Å². The Kier molecular flexibility index (Phi) is 7.59. The number of nitrogens with zero attached hydrogens (tertiary/aromatic N) is 2. The first kappa shape index (κ1) is 17.0. The lowest BCUT2D eigenvalue weighted by Crippen LogP contribution is -2.51. The first-order valence-corrected chi connectivity index (χ1v) is 7.87. The van der Waals surface area contributed by atoms with Crippen LogP contribution in [0.5, 0.6) is 0 Å². The molecule has 1 aliphatic heterocycles. The Hall–Kier alpha value is -1.10. The molecule has 0 aliphatic carbocycles. The summed E-state index contributed by atoms with van der Waals surface area (Å²) in [6.07, 6.45) is 2.62. The van der Waals surface area contributed by atoms with E-state index in [0.29, 0.717) is 18.9 Å². The summed E-state index contributed by atoms with van der Waals surface area (Å²) in [5.74, 6) is 0.227. The number of amides is 2. The van der Waals surface area contributed by atoms with Crippen LogP contribution in [0.1, 0.15) is 46.5 Å². The highest BCUT2D eigenvalue weighted by molar-refractivity contribution is 5.83. The Morgan fingerprint density at radius 2 is 1.85 bits per heavy atom. The predicted octanol–water partition coefficient (Wildman–Crippen LogP) is 1.24. The maximum Gasteiger partial charge on any atom is 0.223 e. The molecule has 116 valence electrons. The summed E-state index contributed by atoms with van der Waals surface area (Å²) in [5, 5.41) is 3.31. The lowest BCUT2D eigenvalue weighted by Gasteiger charge is -2.32. The standard InChI is InChI=1S/C15H29N3O2/c1-4-9-17(10-5-2)14(19)6-7-15(20)18-11-8-16-13(3)12-18/h13,16H,4-12H2,1-3H3. The van der Waals surface area contributed by atoms with Crippen LogP contribution in [0.15, 0.2) is 0 Å². The number of piperazine rings is 1. The van der Waals surface area contributed by atoms with Crippen LogP contribution in [0.3, 0.4) is 0 Å². The minimum absolute atomic E-state index is 0.111. The van der Waals surface area contributed by atoms with Gasteiger partial charge in [0.15, 0.2) is 0 Å². The van der Waals surface area contributed by atoms with Crippen molar-refractivity contribution in [3.8, 4) is 0 Å². The molecular formula is C15H29N3O2. The summed E-state index contributed by atoms with van der Waals surface area (Å²) < 4.78 is 0. The van der Waals surface area contributed by atoms with E-state index in [1.807, 2.05) is 9.80 Å². The number of hydrogen-bond donors (Lipinski definition) is 1. The fourth-order valence-corrected chi connectivity index (χ4v) is 2.59. The SMILES string of the molecule is CCCN(CCC)C(=O)CCC(=O)N1CCNC(C)C1. The van der Waals surface area contributed by atoms with Gasteiger partial charge >= 0.3 is 0 Å². The van der Waals surface area contributed by atoms with Crippen LogP contribution in [0, 0.1) is 0 Å². The maximum atomic E-state index is 12.1. The zero-order chi connectivity index (χ0) is 15.0. The number of nitrogens with one attached hydrogen (secondary N) is 1. The average molecular weight is 283 g/mol. The number of carbonyl (C=O) groups excluding carboxylic acids is 2. The molecule has 1 rings (SSSR count). The highest BCUT2D eigenvalue weighted by atomic mass is 16.2. The van der Waals surface area contributed by atoms with E-state index < -0.39 is 0 Å². The van der Waals surface area contributed by atoms with Crippen LogP contribution < -0.4 is 5.32 Å². The summed E-state index contributed by atoms with van der Waals surface area (Å²) in [6.45, 7) is 10.2. The molecule has 20 heavy (non-hydrogen) atoms. The Bertz CT molecular complexity index is 297. The van der Waals surface area contributed by atoms with Crippen molar-refractivity contribution in [3.63, 3.8) is 0 Å². The molecule has 0 bridgehead atoms. The first-order valence-electron chi connectivity index (χ1n) is 7.87. The molecular weight excluding hydrogens is 254 g/mol. The maximum absolute atomic E-state index is 12.1. The molecule has 0 radical (unpaired) electrons. The fourth-order valence-electron chi connectivity index (χ4n) is 2.59. The molecule has 0 aromatic rings. The van der Waals surface area contributed by atoms with Crippen LogP contribution in [0.25, 0.3) is 0 Å². The van der Waals surface area contributed by atoms with Gasteiger partial charge in [0.05, 0.1) is 0 Å². The Morgan fingerprint density at radius 1 is 1.20 bits per heavy atom. The third kappa shape index (κ3) is 5.49. The largest absolute Gasteiger partial charge is 0.343 e. The monoisotopic (exact) mass is 283 g/mol. The quantitative estimate of drug-likeness (QED) is 0.765. The van der Waals surface area contributed by atoms with Gasteiger partial charge < -0.3 is 15.1 Å². The van der Waals surface area contributed by atoms with Gasteiger partial charge in [0.2, 0.25) is 11.8 Å². The zero-order valence-corrected chi connectivity index (χ0v) is 13.2. The molecule has 1 N–H and O–H groups in total. The van der Waals surface area contributed by atoms with Crippen molar-refractivity contribution in [1.29, 1.82) is 0 Å². The molecule has 0 aromatic heterocycles. The molecule has 1 heterocycles. The van der Waals surface area contributed by atoms with E-state index in [4.69, 9.17) is 0 Å². The minimum Gasteiger partial charge on any atom is -0.343 e. The van der Waals surface area contributed by atoms with Crippen molar-refractivity contribution in [1.82, 2.24) is 15.1 Å². The lowest BCUT2D eigenvalue weighted by molar-refractivity contribution is -0.137. The second kappa shape index (κ2) is 8.95. The van der Waals surface area contributed by atoms with Crippen molar-refractivity contribution in [2.45, 2.75) is 52.5 Å². The van der Waals surface area contributed by atoms with E-state index >= 15 is 0 Å². The smallest absolute Gasteiger partial charge is 0.223 e. The third-order valence-electron chi connectivity index (χ3n) is 3.61. The summed E-state index contributed by atoms with van der Waals surface area (Å²) in [5.41, 5.74) is 0. The van der Waals surface area contributed by atoms with E-state index in [9.17, 15) is 9.59 Å². The summed E-state index contributed by atoms with van der Waals surface area (Å²) in [6, 6.07) is 0.347. The number of carbonyl (C=O) groups is 2. The van der Waals surface area contributed by atoms with Crippen LogP contribution in [-0.2, 0) is 9.59 Å². The Morgan fingerprint density at radius 3 is 2.40 bits per heavy atom. The van der Waals surface area contributed by atoms with Gasteiger partial charge in [0.1, 0.15) is 0 Å². The van der Waals surface area contributed by atoms with Crippen molar-refractivity contribution in [3.05, 3.63) is 0 Å². The fraction of sp³-hybridized carbons (Fsp3) is 0.867. The number of rotatable bonds is 7. The van der Waals surface area contributed by atoms with Crippen molar-refractivity contribution < 1.29 is 9.59 Å². The number of hydrogen-bond acceptors (Lipinski definition) is 3. The van der Waals surface area contributed by atoms with Gasteiger partial charge in [-0.25, -0.2) is 0 Å². The van der Waals surface area contributed by atoms with Gasteiger partial charge in [-0.3, -0.25) is 9.59 Å². The van der Waals surface area contributed by atoms with Crippen molar-refractivity contribution in [2.24, 2.45) is 0 Å². The minimum atomic E-state index is 0.111.